The maximum Gasteiger partial charge on any atom is 0.253 e. The van der Waals surface area contributed by atoms with Crippen LogP contribution in [0, 0.1) is 0 Å². The second kappa shape index (κ2) is 10.9. The molecule has 2 saturated heterocycles. The summed E-state index contributed by atoms with van der Waals surface area (Å²) in [6.07, 6.45) is 11.5. The van der Waals surface area contributed by atoms with E-state index in [9.17, 15) is 4.79 Å². The van der Waals surface area contributed by atoms with Crippen LogP contribution in [0.4, 0.5) is 11.6 Å². The molecule has 0 aliphatic carbocycles. The maximum absolute atomic E-state index is 13.0. The molecule has 3 aromatic rings. The van der Waals surface area contributed by atoms with Crippen molar-refractivity contribution in [2.75, 3.05) is 18.4 Å². The zero-order valence-electron chi connectivity index (χ0n) is 21.3. The molecule has 1 aromatic carbocycles. The van der Waals surface area contributed by atoms with E-state index in [4.69, 9.17) is 10.1 Å². The molecule has 9 heteroatoms. The van der Waals surface area contributed by atoms with Crippen molar-refractivity contribution >= 4 is 29.8 Å². The highest BCUT2D eigenvalue weighted by Gasteiger charge is 2.34. The number of benzene rings is 1. The summed E-state index contributed by atoms with van der Waals surface area (Å²) in [5.74, 6) is 0.564. The molecule has 9 nitrogen and oxygen atoms in total. The lowest BCUT2D eigenvalue weighted by Crippen LogP contribution is -2.53. The number of hydrogen-bond donors (Lipinski definition) is 2. The van der Waals surface area contributed by atoms with E-state index in [2.05, 4.69) is 34.3 Å². The standard InChI is InChI=1S/C28H32N8O/c1-4-36-18-24(26(34-36)19(2)6-5-14-29-3)25-13-15-30-28(33-25)32-21-9-7-20(8-10-21)27(37)35-16-22-11-12-23(17-35)31-22/h5-10,13-15,18,22-23,31H,3-4,11-12,16-17H2,1-2H3,(H,30,32,33)/b14-5-,19-6+. The molecule has 0 saturated carbocycles. The SMILES string of the molecule is C=N/C=C\C=C(/C)c1nn(CC)cc1-c1ccnc(Nc2ccc(C(=O)N3CC4CCC(C3)N4)cc2)n1. The molecule has 2 aliphatic rings. The van der Waals surface area contributed by atoms with E-state index in [0.717, 1.165) is 60.7 Å². The predicted octanol–water partition coefficient (Wildman–Crippen LogP) is 4.30. The highest BCUT2D eigenvalue weighted by molar-refractivity contribution is 5.94. The van der Waals surface area contributed by atoms with E-state index in [-0.39, 0.29) is 5.91 Å². The molecule has 0 radical (unpaired) electrons. The minimum atomic E-state index is 0.0887. The van der Waals surface area contributed by atoms with Crippen LogP contribution in [-0.2, 0) is 6.54 Å². The Bertz CT molecular complexity index is 1330. The Hall–Kier alpha value is -4.11. The second-order valence-electron chi connectivity index (χ2n) is 9.44. The number of nitrogens with zero attached hydrogens (tertiary/aromatic N) is 6. The van der Waals surface area contributed by atoms with E-state index in [1.165, 1.54) is 0 Å². The van der Waals surface area contributed by atoms with Gasteiger partial charge in [0.1, 0.15) is 0 Å². The van der Waals surface area contributed by atoms with Crippen molar-refractivity contribution in [3.8, 4) is 11.3 Å². The van der Waals surface area contributed by atoms with E-state index in [1.807, 2.05) is 65.2 Å². The minimum Gasteiger partial charge on any atom is -0.336 e. The Kier molecular flexibility index (Phi) is 7.23. The van der Waals surface area contributed by atoms with Gasteiger partial charge in [-0.25, -0.2) is 9.97 Å². The fraction of sp³-hybridized carbons (Fsp3) is 0.321. The Morgan fingerprint density at radius 2 is 1.97 bits per heavy atom. The Balaban J connectivity index is 1.32. The number of carbonyl (C=O) groups excluding carboxylic acids is 1. The Morgan fingerprint density at radius 3 is 2.68 bits per heavy atom. The van der Waals surface area contributed by atoms with Crippen LogP contribution >= 0.6 is 0 Å². The Labute approximate surface area is 217 Å². The molecule has 2 fully saturated rings. The van der Waals surface area contributed by atoms with Crippen molar-refractivity contribution in [3.05, 3.63) is 72.3 Å². The average Bonchev–Trinajstić information content (AvgIpc) is 3.51. The summed E-state index contributed by atoms with van der Waals surface area (Å²) in [6, 6.07) is 10.3. The number of aryl methyl sites for hydroxylation is 1. The molecule has 0 spiro atoms. The van der Waals surface area contributed by atoms with Crippen molar-refractivity contribution in [3.63, 3.8) is 0 Å². The lowest BCUT2D eigenvalue weighted by molar-refractivity contribution is 0.0697. The molecule has 37 heavy (non-hydrogen) atoms. The first-order valence-electron chi connectivity index (χ1n) is 12.7. The fourth-order valence-corrected chi connectivity index (χ4v) is 4.93. The normalized spacial score (nSPS) is 19.4. The van der Waals surface area contributed by atoms with Crippen molar-refractivity contribution < 1.29 is 4.79 Å². The number of carbonyl (C=O) groups is 1. The first-order chi connectivity index (χ1) is 18.0. The smallest absolute Gasteiger partial charge is 0.253 e. The quantitative estimate of drug-likeness (QED) is 0.356. The molecule has 190 valence electrons. The van der Waals surface area contributed by atoms with E-state index in [0.29, 0.717) is 23.6 Å². The number of aromatic nitrogens is 4. The number of rotatable bonds is 8. The summed E-state index contributed by atoms with van der Waals surface area (Å²) >= 11 is 0. The Morgan fingerprint density at radius 1 is 1.22 bits per heavy atom. The molecule has 2 aromatic heterocycles. The summed E-state index contributed by atoms with van der Waals surface area (Å²) in [7, 11) is 0. The van der Waals surface area contributed by atoms with Gasteiger partial charge in [0, 0.05) is 67.1 Å². The number of aliphatic imine (C=N–C) groups is 1. The van der Waals surface area contributed by atoms with Gasteiger partial charge in [-0.2, -0.15) is 5.10 Å². The topological polar surface area (TPSA) is 100 Å². The maximum atomic E-state index is 13.0. The summed E-state index contributed by atoms with van der Waals surface area (Å²) in [4.78, 5) is 27.9. The van der Waals surface area contributed by atoms with Gasteiger partial charge in [-0.15, -0.1) is 0 Å². The van der Waals surface area contributed by atoms with Gasteiger partial charge < -0.3 is 15.5 Å². The molecule has 5 rings (SSSR count). The summed E-state index contributed by atoms with van der Waals surface area (Å²) in [6.45, 7) is 9.84. The van der Waals surface area contributed by atoms with Crippen molar-refractivity contribution in [1.29, 1.82) is 0 Å². The van der Waals surface area contributed by atoms with Crippen LogP contribution in [0.5, 0.6) is 0 Å². The lowest BCUT2D eigenvalue weighted by atomic mass is 10.1. The van der Waals surface area contributed by atoms with Crippen LogP contribution in [0.3, 0.4) is 0 Å². The van der Waals surface area contributed by atoms with Gasteiger partial charge in [-0.3, -0.25) is 14.5 Å². The molecule has 2 aliphatic heterocycles. The van der Waals surface area contributed by atoms with Gasteiger partial charge in [-0.1, -0.05) is 6.08 Å². The molecular weight excluding hydrogens is 464 g/mol. The molecular formula is C28H32N8O. The van der Waals surface area contributed by atoms with Crippen LogP contribution in [0.1, 0.15) is 42.7 Å². The number of likely N-dealkylation sites (tertiary alicyclic amines) is 1. The van der Waals surface area contributed by atoms with Crippen LogP contribution in [0.25, 0.3) is 16.8 Å². The number of hydrogen-bond acceptors (Lipinski definition) is 7. The third-order valence-electron chi connectivity index (χ3n) is 6.82. The highest BCUT2D eigenvalue weighted by Crippen LogP contribution is 2.28. The average molecular weight is 497 g/mol. The lowest BCUT2D eigenvalue weighted by Gasteiger charge is -2.33. The number of piperazine rings is 1. The van der Waals surface area contributed by atoms with Crippen LogP contribution in [0.2, 0.25) is 0 Å². The monoisotopic (exact) mass is 496 g/mol. The van der Waals surface area contributed by atoms with Crippen LogP contribution in [0.15, 0.2) is 66.1 Å². The number of allylic oxidation sites excluding steroid dienone is 3. The van der Waals surface area contributed by atoms with E-state index < -0.39 is 0 Å². The first-order valence-corrected chi connectivity index (χ1v) is 12.7. The number of anilines is 2. The van der Waals surface area contributed by atoms with Gasteiger partial charge in [0.15, 0.2) is 0 Å². The van der Waals surface area contributed by atoms with Crippen molar-refractivity contribution in [2.45, 2.75) is 45.3 Å². The largest absolute Gasteiger partial charge is 0.336 e. The molecule has 2 atom stereocenters. The zero-order chi connectivity index (χ0) is 25.8. The van der Waals surface area contributed by atoms with Gasteiger partial charge in [0.2, 0.25) is 5.95 Å². The molecule has 4 heterocycles. The second-order valence-corrected chi connectivity index (χ2v) is 9.44. The summed E-state index contributed by atoms with van der Waals surface area (Å²) in [5.41, 5.74) is 5.05. The first kappa shape index (κ1) is 24.6. The third-order valence-corrected chi connectivity index (χ3v) is 6.82. The van der Waals surface area contributed by atoms with Gasteiger partial charge in [-0.05, 0) is 75.4 Å². The predicted molar refractivity (Wildman–Crippen MR) is 147 cm³/mol. The van der Waals surface area contributed by atoms with Gasteiger partial charge in [0.25, 0.3) is 5.91 Å². The summed E-state index contributed by atoms with van der Waals surface area (Å²) in [5, 5.41) is 11.6. The van der Waals surface area contributed by atoms with Crippen LogP contribution in [-0.4, -0.2) is 62.4 Å². The third kappa shape index (κ3) is 5.51. The van der Waals surface area contributed by atoms with Crippen LogP contribution < -0.4 is 10.6 Å². The fourth-order valence-electron chi connectivity index (χ4n) is 4.93. The molecule has 2 N–H and O–H groups in total. The zero-order valence-corrected chi connectivity index (χ0v) is 21.3. The highest BCUT2D eigenvalue weighted by atomic mass is 16.2. The van der Waals surface area contributed by atoms with Crippen molar-refractivity contribution in [2.24, 2.45) is 4.99 Å². The van der Waals surface area contributed by atoms with Gasteiger partial charge >= 0.3 is 0 Å². The van der Waals surface area contributed by atoms with Crippen molar-refractivity contribution in [1.82, 2.24) is 30.0 Å². The minimum absolute atomic E-state index is 0.0887. The van der Waals surface area contributed by atoms with E-state index >= 15 is 0 Å². The number of amides is 1. The molecule has 2 unspecified atom stereocenters. The van der Waals surface area contributed by atoms with Gasteiger partial charge in [0.05, 0.1) is 11.4 Å². The molecule has 2 bridgehead atoms. The number of nitrogens with one attached hydrogen (secondary N) is 2. The number of fused-ring (bicyclic) bond motifs is 2. The summed E-state index contributed by atoms with van der Waals surface area (Å²) < 4.78 is 1.90. The van der Waals surface area contributed by atoms with E-state index in [1.54, 1.807) is 12.4 Å². The molecule has 1 amide bonds.